The molecule has 0 aromatic heterocycles. The Bertz CT molecular complexity index is 496. The number of amides is 1. The number of hydrogen-bond acceptors (Lipinski definition) is 3. The lowest BCUT2D eigenvalue weighted by Gasteiger charge is -2.41. The van der Waals surface area contributed by atoms with Crippen molar-refractivity contribution in [1.82, 2.24) is 4.90 Å². The molecule has 6 heteroatoms. The van der Waals surface area contributed by atoms with E-state index in [0.29, 0.717) is 23.9 Å². The maximum atomic E-state index is 11.8. The van der Waals surface area contributed by atoms with E-state index in [2.05, 4.69) is 0 Å². The smallest absolute Gasteiger partial charge is 0.306 e. The number of aliphatic carboxylic acids is 1. The highest BCUT2D eigenvalue weighted by Gasteiger charge is 2.37. The maximum absolute atomic E-state index is 11.8. The number of ether oxygens (including phenoxy) is 1. The van der Waals surface area contributed by atoms with E-state index >= 15 is 0 Å². The lowest BCUT2D eigenvalue weighted by Crippen LogP contribution is -2.54. The Morgan fingerprint density at radius 3 is 2.55 bits per heavy atom. The van der Waals surface area contributed by atoms with Crippen molar-refractivity contribution in [3.05, 3.63) is 29.3 Å². The first-order valence-electron chi connectivity index (χ1n) is 6.36. The number of nitrogens with zero attached hydrogens (tertiary/aromatic N) is 1. The van der Waals surface area contributed by atoms with Crippen LogP contribution in [0.2, 0.25) is 5.02 Å². The summed E-state index contributed by atoms with van der Waals surface area (Å²) >= 11 is 5.75. The molecule has 1 heterocycles. The van der Waals surface area contributed by atoms with Crippen LogP contribution in [0.5, 0.6) is 5.75 Å². The van der Waals surface area contributed by atoms with Crippen molar-refractivity contribution in [2.75, 3.05) is 19.7 Å². The first-order chi connectivity index (χ1) is 9.47. The zero-order valence-electron chi connectivity index (χ0n) is 11.1. The van der Waals surface area contributed by atoms with E-state index in [1.165, 1.54) is 0 Å². The average Bonchev–Trinajstić information content (AvgIpc) is 2.36. The summed E-state index contributed by atoms with van der Waals surface area (Å²) < 4.78 is 5.36. The van der Waals surface area contributed by atoms with Crippen molar-refractivity contribution in [3.8, 4) is 5.75 Å². The van der Waals surface area contributed by atoms with Crippen LogP contribution >= 0.6 is 11.6 Å². The predicted octanol–water partition coefficient (Wildman–Crippen LogP) is 1.90. The Morgan fingerprint density at radius 2 is 2.00 bits per heavy atom. The Kier molecular flexibility index (Phi) is 4.49. The summed E-state index contributed by atoms with van der Waals surface area (Å²) in [7, 11) is 0. The molecule has 0 saturated carbocycles. The van der Waals surface area contributed by atoms with Crippen molar-refractivity contribution in [2.24, 2.45) is 11.8 Å². The molecular weight excluding hydrogens is 282 g/mol. The molecule has 1 saturated heterocycles. The topological polar surface area (TPSA) is 66.8 Å². The summed E-state index contributed by atoms with van der Waals surface area (Å²) in [5.74, 6) is -0.754. The molecule has 1 amide bonds. The standard InChI is InChI=1S/C14H16ClNO4/c1-9(14(18)19)10-6-16(7-10)13(17)8-20-12-4-2-11(15)3-5-12/h2-5,9-10H,6-8H2,1H3,(H,18,19). The van der Waals surface area contributed by atoms with Gasteiger partial charge in [-0.25, -0.2) is 0 Å². The van der Waals surface area contributed by atoms with Crippen LogP contribution in [-0.4, -0.2) is 41.6 Å². The molecule has 1 N–H and O–H groups in total. The first-order valence-corrected chi connectivity index (χ1v) is 6.74. The summed E-state index contributed by atoms with van der Waals surface area (Å²) in [5.41, 5.74) is 0. The second-order valence-electron chi connectivity index (χ2n) is 4.93. The molecule has 108 valence electrons. The van der Waals surface area contributed by atoms with Crippen LogP contribution in [0.3, 0.4) is 0 Å². The highest BCUT2D eigenvalue weighted by Crippen LogP contribution is 2.24. The Morgan fingerprint density at radius 1 is 1.40 bits per heavy atom. The van der Waals surface area contributed by atoms with Crippen LogP contribution in [-0.2, 0) is 9.59 Å². The van der Waals surface area contributed by atoms with Crippen LogP contribution in [0.1, 0.15) is 6.92 Å². The van der Waals surface area contributed by atoms with E-state index in [4.69, 9.17) is 21.4 Å². The van der Waals surface area contributed by atoms with Gasteiger partial charge in [-0.1, -0.05) is 18.5 Å². The maximum Gasteiger partial charge on any atom is 0.306 e. The molecule has 1 fully saturated rings. The quantitative estimate of drug-likeness (QED) is 0.901. The minimum atomic E-state index is -0.820. The van der Waals surface area contributed by atoms with Gasteiger partial charge in [0.05, 0.1) is 5.92 Å². The molecule has 1 aromatic carbocycles. The summed E-state index contributed by atoms with van der Waals surface area (Å²) in [5, 5.41) is 9.49. The van der Waals surface area contributed by atoms with Crippen LogP contribution in [0.4, 0.5) is 0 Å². The number of carbonyl (C=O) groups excluding carboxylic acids is 1. The summed E-state index contributed by atoms with van der Waals surface area (Å²) in [4.78, 5) is 24.3. The zero-order valence-corrected chi connectivity index (χ0v) is 11.8. The molecule has 5 nitrogen and oxygen atoms in total. The van der Waals surface area contributed by atoms with Crippen molar-refractivity contribution in [2.45, 2.75) is 6.92 Å². The predicted molar refractivity (Wildman–Crippen MR) is 73.8 cm³/mol. The third-order valence-corrected chi connectivity index (χ3v) is 3.79. The van der Waals surface area contributed by atoms with Gasteiger partial charge in [-0.15, -0.1) is 0 Å². The van der Waals surface area contributed by atoms with Gasteiger partial charge in [0.15, 0.2) is 6.61 Å². The molecule has 0 aliphatic carbocycles. The highest BCUT2D eigenvalue weighted by molar-refractivity contribution is 6.30. The molecule has 1 aliphatic rings. The SMILES string of the molecule is CC(C(=O)O)C1CN(C(=O)COc2ccc(Cl)cc2)C1. The number of likely N-dealkylation sites (tertiary alicyclic amines) is 1. The van der Waals surface area contributed by atoms with Gasteiger partial charge in [0, 0.05) is 24.0 Å². The van der Waals surface area contributed by atoms with Crippen molar-refractivity contribution >= 4 is 23.5 Å². The van der Waals surface area contributed by atoms with E-state index < -0.39 is 11.9 Å². The second-order valence-corrected chi connectivity index (χ2v) is 5.36. The number of halogens is 1. The third kappa shape index (κ3) is 3.42. The number of rotatable bonds is 5. The number of benzene rings is 1. The first kappa shape index (κ1) is 14.7. The molecule has 0 radical (unpaired) electrons. The fourth-order valence-corrected chi connectivity index (χ4v) is 2.13. The third-order valence-electron chi connectivity index (χ3n) is 3.54. The van der Waals surface area contributed by atoms with Crippen molar-refractivity contribution in [3.63, 3.8) is 0 Å². The van der Waals surface area contributed by atoms with Crippen LogP contribution in [0.25, 0.3) is 0 Å². The second kappa shape index (κ2) is 6.13. The Labute approximate surface area is 122 Å². The lowest BCUT2D eigenvalue weighted by atomic mass is 9.87. The van der Waals surface area contributed by atoms with Crippen molar-refractivity contribution in [1.29, 1.82) is 0 Å². The summed E-state index contributed by atoms with van der Waals surface area (Å²) in [6, 6.07) is 6.77. The van der Waals surface area contributed by atoms with Gasteiger partial charge < -0.3 is 14.7 Å². The fourth-order valence-electron chi connectivity index (χ4n) is 2.00. The van der Waals surface area contributed by atoms with Gasteiger partial charge in [-0.2, -0.15) is 0 Å². The number of hydrogen-bond donors (Lipinski definition) is 1. The number of carbonyl (C=O) groups is 2. The lowest BCUT2D eigenvalue weighted by molar-refractivity contribution is -0.151. The minimum Gasteiger partial charge on any atom is -0.484 e. The normalized spacial score (nSPS) is 16.4. The van der Waals surface area contributed by atoms with Gasteiger partial charge >= 0.3 is 5.97 Å². The summed E-state index contributed by atoms with van der Waals surface area (Å²) in [6.45, 7) is 2.58. The van der Waals surface area contributed by atoms with Crippen LogP contribution in [0.15, 0.2) is 24.3 Å². The largest absolute Gasteiger partial charge is 0.484 e. The van der Waals surface area contributed by atoms with Gasteiger partial charge in [0.25, 0.3) is 5.91 Å². The van der Waals surface area contributed by atoms with Gasteiger partial charge in [-0.05, 0) is 24.3 Å². The Hall–Kier alpha value is -1.75. The number of carboxylic acids is 1. The number of carboxylic acid groups (broad SMARTS) is 1. The van der Waals surface area contributed by atoms with Crippen LogP contribution in [0, 0.1) is 11.8 Å². The van der Waals surface area contributed by atoms with Crippen LogP contribution < -0.4 is 4.74 Å². The van der Waals surface area contributed by atoms with Crippen molar-refractivity contribution < 1.29 is 19.4 Å². The minimum absolute atomic E-state index is 0.0342. The molecule has 0 spiro atoms. The molecule has 20 heavy (non-hydrogen) atoms. The molecule has 1 unspecified atom stereocenters. The molecule has 0 bridgehead atoms. The van der Waals surface area contributed by atoms with E-state index in [1.807, 2.05) is 0 Å². The van der Waals surface area contributed by atoms with E-state index in [1.54, 1.807) is 36.1 Å². The van der Waals surface area contributed by atoms with E-state index in [-0.39, 0.29) is 18.4 Å². The molecular formula is C14H16ClNO4. The van der Waals surface area contributed by atoms with E-state index in [9.17, 15) is 9.59 Å². The monoisotopic (exact) mass is 297 g/mol. The average molecular weight is 298 g/mol. The summed E-state index contributed by atoms with van der Waals surface area (Å²) in [6.07, 6.45) is 0. The van der Waals surface area contributed by atoms with Gasteiger partial charge in [0.2, 0.25) is 0 Å². The van der Waals surface area contributed by atoms with E-state index in [0.717, 1.165) is 0 Å². The molecule has 1 atom stereocenters. The molecule has 1 aromatic rings. The van der Waals surface area contributed by atoms with Gasteiger partial charge in [0.1, 0.15) is 5.75 Å². The highest BCUT2D eigenvalue weighted by atomic mass is 35.5. The van der Waals surface area contributed by atoms with Gasteiger partial charge in [-0.3, -0.25) is 9.59 Å². The fraction of sp³-hybridized carbons (Fsp3) is 0.429. The Balaban J connectivity index is 1.75. The molecule has 1 aliphatic heterocycles. The molecule has 2 rings (SSSR count). The zero-order chi connectivity index (χ0) is 14.7.